The Morgan fingerprint density at radius 3 is 2.67 bits per heavy atom. The van der Waals surface area contributed by atoms with Crippen LogP contribution in [-0.4, -0.2) is 24.0 Å². The Morgan fingerprint density at radius 2 is 2.13 bits per heavy atom. The number of benzene rings is 1. The van der Waals surface area contributed by atoms with Gasteiger partial charge in [0.2, 0.25) is 0 Å². The first kappa shape index (κ1) is 10.3. The van der Waals surface area contributed by atoms with Crippen LogP contribution in [0.1, 0.15) is 24.4 Å². The van der Waals surface area contributed by atoms with E-state index < -0.39 is 12.3 Å². The highest BCUT2D eigenvalue weighted by atomic mass is 19.1. The van der Waals surface area contributed by atoms with Gasteiger partial charge in [-0.3, -0.25) is 4.90 Å². The van der Waals surface area contributed by atoms with Gasteiger partial charge < -0.3 is 4.79 Å². The van der Waals surface area contributed by atoms with E-state index in [2.05, 4.69) is 0 Å². The van der Waals surface area contributed by atoms with Crippen molar-refractivity contribution in [2.24, 2.45) is 0 Å². The lowest BCUT2D eigenvalue weighted by atomic mass is 10.1. The predicted molar refractivity (Wildman–Crippen MR) is 56.1 cm³/mol. The number of alkyl halides is 1. The molecule has 15 heavy (non-hydrogen) atoms. The lowest BCUT2D eigenvalue weighted by Crippen LogP contribution is -2.31. The van der Waals surface area contributed by atoms with Crippen LogP contribution in [0.4, 0.5) is 4.39 Å². The molecule has 3 heteroatoms. The Bertz CT molecular complexity index is 328. The Hall–Kier alpha value is -1.22. The van der Waals surface area contributed by atoms with E-state index in [1.165, 1.54) is 0 Å². The smallest absolute Gasteiger partial charge is 0.154 e. The van der Waals surface area contributed by atoms with Crippen LogP contribution in [0.25, 0.3) is 0 Å². The molecule has 0 N–H and O–H groups in total. The van der Waals surface area contributed by atoms with Crippen LogP contribution in [0.3, 0.4) is 0 Å². The monoisotopic (exact) mass is 207 g/mol. The first-order valence-electron chi connectivity index (χ1n) is 5.23. The van der Waals surface area contributed by atoms with Crippen molar-refractivity contribution in [2.45, 2.75) is 25.2 Å². The highest BCUT2D eigenvalue weighted by Gasteiger charge is 2.31. The summed E-state index contributed by atoms with van der Waals surface area (Å²) in [6.07, 6.45) is 1.23. The van der Waals surface area contributed by atoms with Crippen LogP contribution in [0.2, 0.25) is 0 Å². The highest BCUT2D eigenvalue weighted by Crippen LogP contribution is 2.28. The molecular formula is C12H14FNO. The molecule has 1 aromatic carbocycles. The molecule has 1 heterocycles. The van der Waals surface area contributed by atoms with Crippen molar-refractivity contribution in [3.8, 4) is 0 Å². The van der Waals surface area contributed by atoms with E-state index in [0.29, 0.717) is 13.0 Å². The van der Waals surface area contributed by atoms with Crippen LogP contribution >= 0.6 is 0 Å². The second-order valence-electron chi connectivity index (χ2n) is 3.81. The van der Waals surface area contributed by atoms with Gasteiger partial charge in [0.25, 0.3) is 0 Å². The zero-order chi connectivity index (χ0) is 10.7. The summed E-state index contributed by atoms with van der Waals surface area (Å²) < 4.78 is 13.5. The topological polar surface area (TPSA) is 20.3 Å². The van der Waals surface area contributed by atoms with Crippen molar-refractivity contribution in [1.29, 1.82) is 0 Å². The molecule has 80 valence electrons. The highest BCUT2D eigenvalue weighted by molar-refractivity contribution is 5.61. The standard InChI is InChI=1S/C12H14FNO/c13-12-7-4-8-14(12)11(9-15)10-5-2-1-3-6-10/h1-3,5-6,9,11-12H,4,7-8H2. The third-order valence-corrected chi connectivity index (χ3v) is 2.85. The fourth-order valence-corrected chi connectivity index (χ4v) is 2.06. The Morgan fingerprint density at radius 1 is 1.40 bits per heavy atom. The quantitative estimate of drug-likeness (QED) is 0.560. The lowest BCUT2D eigenvalue weighted by Gasteiger charge is -2.25. The molecule has 2 unspecified atom stereocenters. The van der Waals surface area contributed by atoms with Gasteiger partial charge >= 0.3 is 0 Å². The average molecular weight is 207 g/mol. The number of halogens is 1. The molecule has 0 aliphatic carbocycles. The number of hydrogen-bond donors (Lipinski definition) is 0. The molecule has 2 rings (SSSR count). The molecule has 0 bridgehead atoms. The third kappa shape index (κ3) is 2.07. The molecule has 1 fully saturated rings. The molecule has 2 atom stereocenters. The first-order chi connectivity index (χ1) is 7.33. The van der Waals surface area contributed by atoms with Crippen molar-refractivity contribution in [2.75, 3.05) is 6.54 Å². The molecule has 0 radical (unpaired) electrons. The molecule has 1 saturated heterocycles. The normalized spacial score (nSPS) is 23.9. The SMILES string of the molecule is O=CC(c1ccccc1)N1CCCC1F. The molecule has 1 aliphatic heterocycles. The first-order valence-corrected chi connectivity index (χ1v) is 5.23. The van der Waals surface area contributed by atoms with Gasteiger partial charge in [0.1, 0.15) is 6.29 Å². The molecular weight excluding hydrogens is 193 g/mol. The maximum atomic E-state index is 13.5. The van der Waals surface area contributed by atoms with Gasteiger partial charge in [-0.25, -0.2) is 4.39 Å². The fraction of sp³-hybridized carbons (Fsp3) is 0.417. The second-order valence-corrected chi connectivity index (χ2v) is 3.81. The zero-order valence-electron chi connectivity index (χ0n) is 8.47. The largest absolute Gasteiger partial charge is 0.301 e. The summed E-state index contributed by atoms with van der Waals surface area (Å²) >= 11 is 0. The minimum absolute atomic E-state index is 0.427. The Balaban J connectivity index is 2.20. The third-order valence-electron chi connectivity index (χ3n) is 2.85. The van der Waals surface area contributed by atoms with E-state index >= 15 is 0 Å². The van der Waals surface area contributed by atoms with Crippen LogP contribution in [0, 0.1) is 0 Å². The van der Waals surface area contributed by atoms with E-state index in [1.54, 1.807) is 4.90 Å². The molecule has 0 aromatic heterocycles. The molecule has 1 aliphatic rings. The maximum absolute atomic E-state index is 13.5. The molecule has 0 amide bonds. The van der Waals surface area contributed by atoms with Crippen LogP contribution in [0.15, 0.2) is 30.3 Å². The number of carbonyl (C=O) groups is 1. The number of hydrogen-bond acceptors (Lipinski definition) is 2. The second kappa shape index (κ2) is 4.53. The van der Waals surface area contributed by atoms with Gasteiger partial charge in [0, 0.05) is 6.54 Å². The molecule has 2 nitrogen and oxygen atoms in total. The van der Waals surface area contributed by atoms with Gasteiger partial charge in [-0.2, -0.15) is 0 Å². The van der Waals surface area contributed by atoms with Crippen molar-refractivity contribution in [3.05, 3.63) is 35.9 Å². The number of rotatable bonds is 3. The minimum Gasteiger partial charge on any atom is -0.301 e. The van der Waals surface area contributed by atoms with E-state index in [9.17, 15) is 9.18 Å². The van der Waals surface area contributed by atoms with E-state index in [-0.39, 0.29) is 0 Å². The summed E-state index contributed by atoms with van der Waals surface area (Å²) in [5.74, 6) is 0. The summed E-state index contributed by atoms with van der Waals surface area (Å²) in [7, 11) is 0. The van der Waals surface area contributed by atoms with E-state index in [0.717, 1.165) is 18.3 Å². The minimum atomic E-state index is -0.972. The summed E-state index contributed by atoms with van der Waals surface area (Å²) in [5.41, 5.74) is 0.872. The van der Waals surface area contributed by atoms with Gasteiger partial charge in [0.15, 0.2) is 6.30 Å². The van der Waals surface area contributed by atoms with Gasteiger partial charge in [-0.1, -0.05) is 30.3 Å². The van der Waals surface area contributed by atoms with Crippen LogP contribution in [0.5, 0.6) is 0 Å². The molecule has 0 spiro atoms. The van der Waals surface area contributed by atoms with E-state index in [1.807, 2.05) is 30.3 Å². The van der Waals surface area contributed by atoms with Crippen LogP contribution in [-0.2, 0) is 4.79 Å². The average Bonchev–Trinajstić information content (AvgIpc) is 2.68. The van der Waals surface area contributed by atoms with Crippen LogP contribution < -0.4 is 0 Å². The van der Waals surface area contributed by atoms with Crippen molar-refractivity contribution in [3.63, 3.8) is 0 Å². The summed E-state index contributed by atoms with van der Waals surface area (Å²) in [4.78, 5) is 12.7. The maximum Gasteiger partial charge on any atom is 0.154 e. The number of aldehydes is 1. The predicted octanol–water partition coefficient (Wildman–Crippen LogP) is 2.32. The Kier molecular flexibility index (Phi) is 3.11. The zero-order valence-corrected chi connectivity index (χ0v) is 8.47. The van der Waals surface area contributed by atoms with Gasteiger partial charge in [-0.05, 0) is 18.4 Å². The fourth-order valence-electron chi connectivity index (χ4n) is 2.06. The molecule has 0 saturated carbocycles. The van der Waals surface area contributed by atoms with Gasteiger partial charge in [-0.15, -0.1) is 0 Å². The van der Waals surface area contributed by atoms with Gasteiger partial charge in [0.05, 0.1) is 6.04 Å². The lowest BCUT2D eigenvalue weighted by molar-refractivity contribution is -0.114. The summed E-state index contributed by atoms with van der Waals surface area (Å²) in [5, 5.41) is 0. The van der Waals surface area contributed by atoms with Crippen molar-refractivity contribution >= 4 is 6.29 Å². The number of likely N-dealkylation sites (tertiary alicyclic amines) is 1. The number of carbonyl (C=O) groups excluding carboxylic acids is 1. The summed E-state index contributed by atoms with van der Waals surface area (Å²) in [6.45, 7) is 0.666. The van der Waals surface area contributed by atoms with Crippen molar-refractivity contribution < 1.29 is 9.18 Å². The molecule has 1 aromatic rings. The Labute approximate surface area is 88.7 Å². The van der Waals surface area contributed by atoms with E-state index in [4.69, 9.17) is 0 Å². The number of nitrogens with zero attached hydrogens (tertiary/aromatic N) is 1. The van der Waals surface area contributed by atoms with Crippen molar-refractivity contribution in [1.82, 2.24) is 4.90 Å². The summed E-state index contributed by atoms with van der Waals surface area (Å²) in [6, 6.07) is 8.93.